The Morgan fingerprint density at radius 3 is 2.73 bits per heavy atom. The summed E-state index contributed by atoms with van der Waals surface area (Å²) < 4.78 is 15.8. The minimum atomic E-state index is -0.577. The van der Waals surface area contributed by atoms with Crippen molar-refractivity contribution in [1.82, 2.24) is 10.5 Å². The van der Waals surface area contributed by atoms with Crippen LogP contribution in [0.3, 0.4) is 0 Å². The number of aromatic nitrogens is 1. The van der Waals surface area contributed by atoms with Gasteiger partial charge in [-0.3, -0.25) is 4.79 Å². The molecule has 0 aliphatic carbocycles. The molecule has 2 aromatic rings. The predicted octanol–water partition coefficient (Wildman–Crippen LogP) is 2.94. The molecule has 2 rings (SSSR count). The average Bonchev–Trinajstić information content (AvgIpc) is 2.96. The third-order valence-corrected chi connectivity index (χ3v) is 3.99. The number of rotatable bonds is 8. The highest BCUT2D eigenvalue weighted by Crippen LogP contribution is 2.19. The Bertz CT molecular complexity index is 750. The number of aryl methyl sites for hydroxylation is 2. The lowest BCUT2D eigenvalue weighted by molar-refractivity contribution is -0.124. The lowest BCUT2D eigenvalue weighted by atomic mass is 10.2. The van der Waals surface area contributed by atoms with Crippen LogP contribution in [-0.2, 0) is 16.1 Å². The molecule has 1 heterocycles. The maximum absolute atomic E-state index is 12.1. The Morgan fingerprint density at radius 1 is 1.31 bits per heavy atom. The number of esters is 1. The number of hydrogen-bond acceptors (Lipinski definition) is 6. The summed E-state index contributed by atoms with van der Waals surface area (Å²) in [6.45, 7) is 7.49. The van der Waals surface area contributed by atoms with Crippen LogP contribution in [0.4, 0.5) is 0 Å². The molecular formula is C19H24N2O5. The summed E-state index contributed by atoms with van der Waals surface area (Å²) in [4.78, 5) is 23.8. The second kappa shape index (κ2) is 9.03. The minimum absolute atomic E-state index is 0.0438. The van der Waals surface area contributed by atoms with Crippen LogP contribution in [0.5, 0.6) is 5.75 Å². The molecule has 0 aliphatic heterocycles. The number of carbonyl (C=O) groups is 2. The van der Waals surface area contributed by atoms with Gasteiger partial charge in [0.1, 0.15) is 18.1 Å². The molecule has 1 aromatic heterocycles. The van der Waals surface area contributed by atoms with E-state index in [9.17, 15) is 9.59 Å². The molecule has 0 saturated carbocycles. The van der Waals surface area contributed by atoms with Gasteiger partial charge in [0.15, 0.2) is 6.61 Å². The third kappa shape index (κ3) is 5.34. The van der Waals surface area contributed by atoms with Gasteiger partial charge in [0.05, 0.1) is 16.8 Å². The highest BCUT2D eigenvalue weighted by Gasteiger charge is 2.13. The Morgan fingerprint density at radius 2 is 2.08 bits per heavy atom. The number of nitrogens with zero attached hydrogens (tertiary/aromatic N) is 1. The van der Waals surface area contributed by atoms with Gasteiger partial charge < -0.3 is 19.3 Å². The van der Waals surface area contributed by atoms with E-state index in [-0.39, 0.29) is 25.2 Å². The maximum Gasteiger partial charge on any atom is 0.338 e. The molecular weight excluding hydrogens is 336 g/mol. The van der Waals surface area contributed by atoms with E-state index in [0.717, 1.165) is 17.7 Å². The molecule has 0 bridgehead atoms. The molecule has 7 nitrogen and oxygen atoms in total. The zero-order valence-corrected chi connectivity index (χ0v) is 15.5. The molecule has 1 amide bonds. The average molecular weight is 360 g/mol. The van der Waals surface area contributed by atoms with E-state index in [1.165, 1.54) is 0 Å². The van der Waals surface area contributed by atoms with Crippen molar-refractivity contribution < 1.29 is 23.6 Å². The van der Waals surface area contributed by atoms with Crippen LogP contribution in [0, 0.1) is 13.8 Å². The maximum atomic E-state index is 12.1. The quantitative estimate of drug-likeness (QED) is 0.728. The summed E-state index contributed by atoms with van der Waals surface area (Å²) in [6, 6.07) is 6.66. The van der Waals surface area contributed by atoms with Crippen LogP contribution in [0.2, 0.25) is 0 Å². The van der Waals surface area contributed by atoms with Crippen LogP contribution in [0.25, 0.3) is 0 Å². The van der Waals surface area contributed by atoms with Crippen molar-refractivity contribution in [1.29, 1.82) is 0 Å². The summed E-state index contributed by atoms with van der Waals surface area (Å²) in [5.74, 6) is 0.319. The van der Waals surface area contributed by atoms with Crippen LogP contribution in [0.1, 0.15) is 47.6 Å². The first-order valence-corrected chi connectivity index (χ1v) is 8.51. The fraction of sp³-hybridized carbons (Fsp3) is 0.421. The lowest BCUT2D eigenvalue weighted by Gasteiger charge is -2.12. The Labute approximate surface area is 152 Å². The van der Waals surface area contributed by atoms with Crippen LogP contribution < -0.4 is 10.1 Å². The Balaban J connectivity index is 1.91. The van der Waals surface area contributed by atoms with Crippen molar-refractivity contribution >= 4 is 11.9 Å². The molecule has 140 valence electrons. The third-order valence-electron chi connectivity index (χ3n) is 3.99. The van der Waals surface area contributed by atoms with Gasteiger partial charge in [-0.2, -0.15) is 0 Å². The van der Waals surface area contributed by atoms with Crippen LogP contribution in [-0.4, -0.2) is 29.7 Å². The normalized spacial score (nSPS) is 11.7. The fourth-order valence-corrected chi connectivity index (χ4v) is 2.21. The van der Waals surface area contributed by atoms with Gasteiger partial charge in [-0.25, -0.2) is 4.79 Å². The first kappa shape index (κ1) is 19.5. The van der Waals surface area contributed by atoms with E-state index in [1.807, 2.05) is 27.7 Å². The fourth-order valence-electron chi connectivity index (χ4n) is 2.21. The molecule has 7 heteroatoms. The molecule has 0 saturated heterocycles. The monoisotopic (exact) mass is 360 g/mol. The van der Waals surface area contributed by atoms with E-state index >= 15 is 0 Å². The first-order valence-electron chi connectivity index (χ1n) is 8.51. The molecule has 0 unspecified atom stereocenters. The molecule has 1 atom stereocenters. The van der Waals surface area contributed by atoms with Gasteiger partial charge in [0.2, 0.25) is 0 Å². The highest BCUT2D eigenvalue weighted by atomic mass is 16.5. The van der Waals surface area contributed by atoms with Crippen LogP contribution in [0.15, 0.2) is 28.8 Å². The summed E-state index contributed by atoms with van der Waals surface area (Å²) in [5, 5.41) is 6.61. The highest BCUT2D eigenvalue weighted by molar-refractivity contribution is 5.91. The number of amides is 1. The Hall–Kier alpha value is -2.83. The molecule has 1 N–H and O–H groups in total. The minimum Gasteiger partial charge on any atom is -0.489 e. The van der Waals surface area contributed by atoms with Gasteiger partial charge in [0.25, 0.3) is 5.91 Å². The van der Waals surface area contributed by atoms with Crippen LogP contribution >= 0.6 is 0 Å². The summed E-state index contributed by atoms with van der Waals surface area (Å²) >= 11 is 0. The van der Waals surface area contributed by atoms with Crippen molar-refractivity contribution in [3.05, 3.63) is 46.8 Å². The topological polar surface area (TPSA) is 90.7 Å². The summed E-state index contributed by atoms with van der Waals surface area (Å²) in [5.41, 5.74) is 1.96. The standard InChI is InChI=1S/C19H24N2O5/c1-5-12(2)20-18(22)11-25-19(23)15-7-6-8-16(9-15)24-10-17-13(3)21-26-14(17)4/h6-9,12H,5,10-11H2,1-4H3,(H,20,22)/t12-/m1/s1. The van der Waals surface area contributed by atoms with Crippen molar-refractivity contribution in [3.8, 4) is 5.75 Å². The smallest absolute Gasteiger partial charge is 0.338 e. The van der Waals surface area contributed by atoms with E-state index in [0.29, 0.717) is 17.1 Å². The molecule has 26 heavy (non-hydrogen) atoms. The predicted molar refractivity (Wildman–Crippen MR) is 94.9 cm³/mol. The largest absolute Gasteiger partial charge is 0.489 e. The van der Waals surface area contributed by atoms with Gasteiger partial charge in [-0.05, 0) is 45.4 Å². The number of benzene rings is 1. The van der Waals surface area contributed by atoms with Gasteiger partial charge in [-0.15, -0.1) is 0 Å². The zero-order valence-electron chi connectivity index (χ0n) is 15.5. The van der Waals surface area contributed by atoms with E-state index in [2.05, 4.69) is 10.5 Å². The van der Waals surface area contributed by atoms with Crippen molar-refractivity contribution in [2.24, 2.45) is 0 Å². The summed E-state index contributed by atoms with van der Waals surface area (Å²) in [6.07, 6.45) is 0.810. The van der Waals surface area contributed by atoms with Gasteiger partial charge >= 0.3 is 5.97 Å². The van der Waals surface area contributed by atoms with E-state index in [4.69, 9.17) is 14.0 Å². The molecule has 0 spiro atoms. The first-order chi connectivity index (χ1) is 12.4. The summed E-state index contributed by atoms with van der Waals surface area (Å²) in [7, 11) is 0. The SMILES string of the molecule is CC[C@@H](C)NC(=O)COC(=O)c1cccc(OCc2c(C)noc2C)c1. The van der Waals surface area contributed by atoms with Gasteiger partial charge in [0, 0.05) is 6.04 Å². The molecule has 1 aromatic carbocycles. The second-order valence-corrected chi connectivity index (χ2v) is 6.07. The molecule has 0 fully saturated rings. The number of ether oxygens (including phenoxy) is 2. The van der Waals surface area contributed by atoms with Crippen molar-refractivity contribution in [2.75, 3.05) is 6.61 Å². The Kier molecular flexibility index (Phi) is 6.77. The van der Waals surface area contributed by atoms with E-state index < -0.39 is 5.97 Å². The number of hydrogen-bond donors (Lipinski definition) is 1. The van der Waals surface area contributed by atoms with Gasteiger partial charge in [-0.1, -0.05) is 18.1 Å². The van der Waals surface area contributed by atoms with Crippen molar-refractivity contribution in [2.45, 2.75) is 46.8 Å². The molecule has 0 radical (unpaired) electrons. The molecule has 0 aliphatic rings. The second-order valence-electron chi connectivity index (χ2n) is 6.07. The lowest BCUT2D eigenvalue weighted by Crippen LogP contribution is -2.35. The number of nitrogens with one attached hydrogen (secondary N) is 1. The zero-order chi connectivity index (χ0) is 19.1. The van der Waals surface area contributed by atoms with E-state index in [1.54, 1.807) is 24.3 Å². The van der Waals surface area contributed by atoms with Crippen molar-refractivity contribution in [3.63, 3.8) is 0 Å². The number of carbonyl (C=O) groups excluding carboxylic acids is 2.